The van der Waals surface area contributed by atoms with Gasteiger partial charge in [0.1, 0.15) is 0 Å². The third-order valence-corrected chi connectivity index (χ3v) is 4.64. The van der Waals surface area contributed by atoms with Crippen LogP contribution in [0.4, 0.5) is 11.4 Å². The Balaban J connectivity index is 2.02. The quantitative estimate of drug-likeness (QED) is 0.777. The lowest BCUT2D eigenvalue weighted by Gasteiger charge is -2.31. The second-order valence-corrected chi connectivity index (χ2v) is 5.79. The summed E-state index contributed by atoms with van der Waals surface area (Å²) in [5.74, 6) is -0.825. The van der Waals surface area contributed by atoms with Crippen molar-refractivity contribution in [2.75, 3.05) is 16.8 Å². The van der Waals surface area contributed by atoms with Crippen molar-refractivity contribution in [3.63, 3.8) is 0 Å². The van der Waals surface area contributed by atoms with Gasteiger partial charge in [-0.15, -0.1) is 0 Å². The highest BCUT2D eigenvalue weighted by molar-refractivity contribution is 6.52. The normalized spacial score (nSPS) is 25.6. The van der Waals surface area contributed by atoms with Gasteiger partial charge in [0.25, 0.3) is 11.7 Å². The topological polar surface area (TPSA) is 40.6 Å². The molecule has 2 heterocycles. The van der Waals surface area contributed by atoms with E-state index in [2.05, 4.69) is 18.7 Å². The van der Waals surface area contributed by atoms with Crippen LogP contribution in [0.15, 0.2) is 18.2 Å². The highest BCUT2D eigenvalue weighted by atomic mass is 16.2. The Hall–Kier alpha value is -1.84. The van der Waals surface area contributed by atoms with E-state index in [1.54, 1.807) is 13.1 Å². The number of fused-ring (bicyclic) bond motifs is 1. The summed E-state index contributed by atoms with van der Waals surface area (Å²) in [7, 11) is 1.67. The molecule has 0 aliphatic carbocycles. The predicted molar refractivity (Wildman–Crippen MR) is 79.4 cm³/mol. The maximum absolute atomic E-state index is 11.8. The first-order valence-electron chi connectivity index (χ1n) is 7.29. The minimum Gasteiger partial charge on any atom is -0.366 e. The zero-order valence-electron chi connectivity index (χ0n) is 12.2. The number of carbonyl (C=O) groups is 2. The number of hydrogen-bond acceptors (Lipinski definition) is 3. The Morgan fingerprint density at radius 3 is 2.70 bits per heavy atom. The summed E-state index contributed by atoms with van der Waals surface area (Å²) >= 11 is 0. The molecule has 106 valence electrons. The van der Waals surface area contributed by atoms with Crippen LogP contribution in [0.2, 0.25) is 0 Å². The summed E-state index contributed by atoms with van der Waals surface area (Å²) < 4.78 is 0. The second kappa shape index (κ2) is 4.62. The lowest BCUT2D eigenvalue weighted by atomic mass is 10.1. The van der Waals surface area contributed by atoms with Gasteiger partial charge in [-0.3, -0.25) is 9.59 Å². The van der Waals surface area contributed by atoms with Gasteiger partial charge in [-0.05, 0) is 44.4 Å². The summed E-state index contributed by atoms with van der Waals surface area (Å²) in [6, 6.07) is 6.83. The second-order valence-electron chi connectivity index (χ2n) is 5.79. The molecule has 4 heteroatoms. The number of benzene rings is 1. The summed E-state index contributed by atoms with van der Waals surface area (Å²) in [6.07, 6.45) is 3.53. The molecule has 0 bridgehead atoms. The van der Waals surface area contributed by atoms with Crippen LogP contribution in [0.1, 0.15) is 43.5 Å². The number of hydrogen-bond donors (Lipinski definition) is 0. The molecule has 2 aliphatic heterocycles. The molecule has 1 aromatic carbocycles. The number of nitrogens with zero attached hydrogens (tertiary/aromatic N) is 2. The standard InChI is InChI=1S/C16H20N2O2/c1-4-11-6-5-10(2)18(11)12-7-8-13-14(9-12)17(3)16(20)15(13)19/h7-11H,4-6H2,1-3H3. The van der Waals surface area contributed by atoms with Gasteiger partial charge in [0.05, 0.1) is 11.3 Å². The van der Waals surface area contributed by atoms with Gasteiger partial charge in [0.15, 0.2) is 0 Å². The van der Waals surface area contributed by atoms with E-state index < -0.39 is 11.7 Å². The number of carbonyl (C=O) groups excluding carboxylic acids is 2. The van der Waals surface area contributed by atoms with E-state index in [4.69, 9.17) is 0 Å². The molecule has 2 aliphatic rings. The fourth-order valence-electron chi connectivity index (χ4n) is 3.46. The molecule has 0 radical (unpaired) electrons. The smallest absolute Gasteiger partial charge is 0.299 e. The van der Waals surface area contributed by atoms with Gasteiger partial charge in [-0.25, -0.2) is 0 Å². The number of anilines is 2. The summed E-state index contributed by atoms with van der Waals surface area (Å²) in [5, 5.41) is 0. The van der Waals surface area contributed by atoms with Gasteiger partial charge >= 0.3 is 0 Å². The third kappa shape index (κ3) is 1.74. The Labute approximate surface area is 119 Å². The minimum atomic E-state index is -0.432. The molecular formula is C16H20N2O2. The van der Waals surface area contributed by atoms with E-state index >= 15 is 0 Å². The van der Waals surface area contributed by atoms with Crippen molar-refractivity contribution < 1.29 is 9.59 Å². The Morgan fingerprint density at radius 1 is 1.25 bits per heavy atom. The van der Waals surface area contributed by atoms with E-state index in [1.165, 1.54) is 17.7 Å². The molecular weight excluding hydrogens is 252 g/mol. The van der Waals surface area contributed by atoms with E-state index in [9.17, 15) is 9.59 Å². The van der Waals surface area contributed by atoms with Crippen LogP contribution < -0.4 is 9.80 Å². The molecule has 0 saturated carbocycles. The zero-order valence-corrected chi connectivity index (χ0v) is 12.2. The average molecular weight is 272 g/mol. The van der Waals surface area contributed by atoms with Crippen molar-refractivity contribution >= 4 is 23.1 Å². The first-order chi connectivity index (χ1) is 9.54. The minimum absolute atomic E-state index is 0.393. The SMILES string of the molecule is CCC1CCC(C)N1c1ccc2c(c1)N(C)C(=O)C2=O. The number of ketones is 1. The average Bonchev–Trinajstić information content (AvgIpc) is 2.93. The number of rotatable bonds is 2. The van der Waals surface area contributed by atoms with Crippen molar-refractivity contribution in [2.45, 2.75) is 45.2 Å². The maximum atomic E-state index is 11.8. The molecule has 1 aromatic rings. The van der Waals surface area contributed by atoms with Crippen LogP contribution in [-0.2, 0) is 4.79 Å². The van der Waals surface area contributed by atoms with Crippen LogP contribution in [0.3, 0.4) is 0 Å². The van der Waals surface area contributed by atoms with Gasteiger partial charge in [-0.1, -0.05) is 6.92 Å². The Morgan fingerprint density at radius 2 is 2.00 bits per heavy atom. The molecule has 1 saturated heterocycles. The summed E-state index contributed by atoms with van der Waals surface area (Å²) in [6.45, 7) is 4.45. The first kappa shape index (κ1) is 13.2. The molecule has 2 unspecified atom stereocenters. The monoisotopic (exact) mass is 272 g/mol. The maximum Gasteiger partial charge on any atom is 0.299 e. The fraction of sp³-hybridized carbons (Fsp3) is 0.500. The first-order valence-corrected chi connectivity index (χ1v) is 7.29. The molecule has 3 rings (SSSR count). The molecule has 0 N–H and O–H groups in total. The molecule has 0 spiro atoms. The van der Waals surface area contributed by atoms with Crippen LogP contribution in [0, 0.1) is 0 Å². The van der Waals surface area contributed by atoms with E-state index in [-0.39, 0.29) is 0 Å². The van der Waals surface area contributed by atoms with Gasteiger partial charge in [0, 0.05) is 24.8 Å². The van der Waals surface area contributed by atoms with Crippen LogP contribution >= 0.6 is 0 Å². The number of amides is 1. The molecule has 1 fully saturated rings. The van der Waals surface area contributed by atoms with Crippen LogP contribution in [-0.4, -0.2) is 30.8 Å². The van der Waals surface area contributed by atoms with Gasteiger partial charge in [0.2, 0.25) is 0 Å². The summed E-state index contributed by atoms with van der Waals surface area (Å²) in [5.41, 5.74) is 2.39. The van der Waals surface area contributed by atoms with Gasteiger partial charge in [-0.2, -0.15) is 0 Å². The van der Waals surface area contributed by atoms with Crippen molar-refractivity contribution in [3.05, 3.63) is 23.8 Å². The highest BCUT2D eigenvalue weighted by Crippen LogP contribution is 2.37. The summed E-state index contributed by atoms with van der Waals surface area (Å²) in [4.78, 5) is 27.5. The largest absolute Gasteiger partial charge is 0.366 e. The van der Waals surface area contributed by atoms with Crippen molar-refractivity contribution in [3.8, 4) is 0 Å². The van der Waals surface area contributed by atoms with E-state index in [0.717, 1.165) is 17.8 Å². The molecule has 2 atom stereocenters. The molecule has 20 heavy (non-hydrogen) atoms. The van der Waals surface area contributed by atoms with Crippen LogP contribution in [0.25, 0.3) is 0 Å². The zero-order chi connectivity index (χ0) is 14.4. The van der Waals surface area contributed by atoms with E-state index in [0.29, 0.717) is 17.6 Å². The molecule has 4 nitrogen and oxygen atoms in total. The van der Waals surface area contributed by atoms with Crippen molar-refractivity contribution in [1.29, 1.82) is 0 Å². The highest BCUT2D eigenvalue weighted by Gasteiger charge is 2.35. The molecule has 0 aromatic heterocycles. The molecule has 1 amide bonds. The third-order valence-electron chi connectivity index (χ3n) is 4.64. The van der Waals surface area contributed by atoms with Gasteiger partial charge < -0.3 is 9.80 Å². The van der Waals surface area contributed by atoms with Crippen LogP contribution in [0.5, 0.6) is 0 Å². The Kier molecular flexibility index (Phi) is 3.04. The van der Waals surface area contributed by atoms with Crippen molar-refractivity contribution in [2.24, 2.45) is 0 Å². The van der Waals surface area contributed by atoms with E-state index in [1.807, 2.05) is 12.1 Å². The number of likely N-dealkylation sites (N-methyl/N-ethyl adjacent to an activating group) is 1. The predicted octanol–water partition coefficient (Wildman–Crippen LogP) is 2.61. The lowest BCUT2D eigenvalue weighted by Crippen LogP contribution is -2.34. The Bertz CT molecular complexity index is 582. The van der Waals surface area contributed by atoms with Crippen molar-refractivity contribution in [1.82, 2.24) is 0 Å². The number of Topliss-reactive ketones (excluding diaryl/α,β-unsaturated/α-hetero) is 1. The fourth-order valence-corrected chi connectivity index (χ4v) is 3.46. The lowest BCUT2D eigenvalue weighted by molar-refractivity contribution is -0.114.